The third kappa shape index (κ3) is 5.83. The van der Waals surface area contributed by atoms with E-state index in [1.807, 2.05) is 48.5 Å². The number of ether oxygens (including phenoxy) is 3. The van der Waals surface area contributed by atoms with Crippen LogP contribution in [0.15, 0.2) is 60.9 Å². The van der Waals surface area contributed by atoms with Gasteiger partial charge in [0.15, 0.2) is 0 Å². The van der Waals surface area contributed by atoms with Gasteiger partial charge in [-0.05, 0) is 36.4 Å². The molecule has 0 aliphatic carbocycles. The normalized spacial score (nSPS) is 10.1. The van der Waals surface area contributed by atoms with Gasteiger partial charge in [0.1, 0.15) is 23.9 Å². The summed E-state index contributed by atoms with van der Waals surface area (Å²) in [6.45, 7) is 0.697. The lowest BCUT2D eigenvalue weighted by molar-refractivity contribution is 0.0946. The minimum absolute atomic E-state index is 0.267. The van der Waals surface area contributed by atoms with Gasteiger partial charge in [-0.2, -0.15) is 0 Å². The van der Waals surface area contributed by atoms with Gasteiger partial charge in [0.2, 0.25) is 5.95 Å². The fraction of sp³-hybridized carbons (Fsp3) is 0.190. The smallest absolute Gasteiger partial charge is 0.254 e. The molecular weight excluding hydrogens is 372 g/mol. The van der Waals surface area contributed by atoms with Crippen molar-refractivity contribution in [2.75, 3.05) is 32.7 Å². The molecule has 8 nitrogen and oxygen atoms in total. The van der Waals surface area contributed by atoms with E-state index in [-0.39, 0.29) is 5.91 Å². The van der Waals surface area contributed by atoms with Gasteiger partial charge in [-0.25, -0.2) is 9.97 Å². The molecule has 0 atom stereocenters. The third-order valence-electron chi connectivity index (χ3n) is 3.96. The highest BCUT2D eigenvalue weighted by Crippen LogP contribution is 2.19. The van der Waals surface area contributed by atoms with E-state index in [4.69, 9.17) is 14.2 Å². The van der Waals surface area contributed by atoms with Crippen molar-refractivity contribution < 1.29 is 19.0 Å². The first-order chi connectivity index (χ1) is 14.2. The van der Waals surface area contributed by atoms with E-state index in [0.29, 0.717) is 30.4 Å². The molecule has 8 heteroatoms. The average Bonchev–Trinajstić information content (AvgIpc) is 2.77. The molecule has 0 saturated carbocycles. The molecule has 0 unspecified atom stereocenters. The fourth-order valence-electron chi connectivity index (χ4n) is 2.45. The molecule has 150 valence electrons. The zero-order chi connectivity index (χ0) is 20.5. The maximum absolute atomic E-state index is 12.2. The number of carbonyl (C=O) groups excluding carboxylic acids is 1. The Bertz CT molecular complexity index is 930. The Balaban J connectivity index is 1.45. The van der Waals surface area contributed by atoms with Gasteiger partial charge in [0.05, 0.1) is 26.3 Å². The third-order valence-corrected chi connectivity index (χ3v) is 3.96. The second-order valence-electron chi connectivity index (χ2n) is 5.93. The molecule has 2 aromatic carbocycles. The molecule has 0 spiro atoms. The second-order valence-corrected chi connectivity index (χ2v) is 5.93. The van der Waals surface area contributed by atoms with Crippen LogP contribution in [0.5, 0.6) is 17.2 Å². The van der Waals surface area contributed by atoms with Gasteiger partial charge in [-0.3, -0.25) is 4.79 Å². The quantitative estimate of drug-likeness (QED) is 0.539. The van der Waals surface area contributed by atoms with Gasteiger partial charge >= 0.3 is 0 Å². The van der Waals surface area contributed by atoms with Crippen molar-refractivity contribution in [3.05, 3.63) is 66.5 Å². The molecule has 1 amide bonds. The monoisotopic (exact) mass is 394 g/mol. The molecular formula is C21H22N4O4. The molecule has 0 aliphatic heterocycles. The van der Waals surface area contributed by atoms with E-state index in [0.717, 1.165) is 17.2 Å². The number of benzene rings is 2. The van der Waals surface area contributed by atoms with Crippen LogP contribution < -0.4 is 24.8 Å². The molecule has 0 bridgehead atoms. The molecule has 29 heavy (non-hydrogen) atoms. The van der Waals surface area contributed by atoms with Crippen molar-refractivity contribution in [1.82, 2.24) is 15.3 Å². The van der Waals surface area contributed by atoms with Crippen LogP contribution in [-0.4, -0.2) is 43.2 Å². The van der Waals surface area contributed by atoms with Crippen molar-refractivity contribution >= 4 is 17.5 Å². The highest BCUT2D eigenvalue weighted by atomic mass is 16.5. The predicted octanol–water partition coefficient (Wildman–Crippen LogP) is 3.05. The Morgan fingerprint density at radius 3 is 2.31 bits per heavy atom. The van der Waals surface area contributed by atoms with Crippen molar-refractivity contribution in [1.29, 1.82) is 0 Å². The summed E-state index contributed by atoms with van der Waals surface area (Å²) in [4.78, 5) is 20.5. The van der Waals surface area contributed by atoms with Crippen LogP contribution in [0.2, 0.25) is 0 Å². The molecule has 1 heterocycles. The maximum Gasteiger partial charge on any atom is 0.254 e. The number of carbonyl (C=O) groups is 1. The van der Waals surface area contributed by atoms with Crippen molar-refractivity contribution in [3.8, 4) is 17.2 Å². The summed E-state index contributed by atoms with van der Waals surface area (Å²) in [5.41, 5.74) is 1.16. The lowest BCUT2D eigenvalue weighted by atomic mass is 10.3. The maximum atomic E-state index is 12.2. The van der Waals surface area contributed by atoms with Crippen molar-refractivity contribution in [3.63, 3.8) is 0 Å². The standard InChI is InChI=1S/C21H22N4O4/c1-27-17-6-8-18(9-7-17)29-11-10-22-20(26)15-13-23-21(24-14-15)25-16-4-3-5-19(12-16)28-2/h3-9,12-14H,10-11H2,1-2H3,(H,22,26)(H,23,24,25). The Kier molecular flexibility index (Phi) is 6.83. The van der Waals surface area contributed by atoms with E-state index in [2.05, 4.69) is 20.6 Å². The fourth-order valence-corrected chi connectivity index (χ4v) is 2.45. The Labute approximate surface area is 168 Å². The molecule has 0 radical (unpaired) electrons. The van der Waals surface area contributed by atoms with Gasteiger partial charge in [0, 0.05) is 24.1 Å². The summed E-state index contributed by atoms with van der Waals surface area (Å²) < 4.78 is 15.8. The number of hydrogen-bond acceptors (Lipinski definition) is 7. The van der Waals surface area contributed by atoms with Gasteiger partial charge in [-0.15, -0.1) is 0 Å². The minimum atomic E-state index is -0.267. The largest absolute Gasteiger partial charge is 0.497 e. The van der Waals surface area contributed by atoms with Gasteiger partial charge in [-0.1, -0.05) is 6.07 Å². The number of aromatic nitrogens is 2. The highest BCUT2D eigenvalue weighted by Gasteiger charge is 2.07. The summed E-state index contributed by atoms with van der Waals surface area (Å²) in [7, 11) is 3.21. The van der Waals surface area contributed by atoms with Crippen LogP contribution in [0.25, 0.3) is 0 Å². The highest BCUT2D eigenvalue weighted by molar-refractivity contribution is 5.93. The van der Waals surface area contributed by atoms with Crippen LogP contribution in [0.4, 0.5) is 11.6 Å². The number of rotatable bonds is 9. The van der Waals surface area contributed by atoms with E-state index >= 15 is 0 Å². The van der Waals surface area contributed by atoms with Gasteiger partial charge < -0.3 is 24.8 Å². The Morgan fingerprint density at radius 2 is 1.62 bits per heavy atom. The molecule has 1 aromatic heterocycles. The van der Waals surface area contributed by atoms with Crippen LogP contribution in [0.3, 0.4) is 0 Å². The SMILES string of the molecule is COc1ccc(OCCNC(=O)c2cnc(Nc3cccc(OC)c3)nc2)cc1. The molecule has 0 aliphatic rings. The number of methoxy groups -OCH3 is 2. The molecule has 0 fully saturated rings. The summed E-state index contributed by atoms with van der Waals surface area (Å²) >= 11 is 0. The lowest BCUT2D eigenvalue weighted by Crippen LogP contribution is -2.28. The molecule has 2 N–H and O–H groups in total. The Morgan fingerprint density at radius 1 is 0.931 bits per heavy atom. The molecule has 3 rings (SSSR count). The summed E-state index contributed by atoms with van der Waals surface area (Å²) in [5, 5.41) is 5.83. The lowest BCUT2D eigenvalue weighted by Gasteiger charge is -2.09. The number of amides is 1. The first-order valence-corrected chi connectivity index (χ1v) is 8.96. The number of nitrogens with zero attached hydrogens (tertiary/aromatic N) is 2. The molecule has 3 aromatic rings. The van der Waals surface area contributed by atoms with E-state index in [9.17, 15) is 4.79 Å². The van der Waals surface area contributed by atoms with Crippen molar-refractivity contribution in [2.45, 2.75) is 0 Å². The first kappa shape index (κ1) is 19.9. The number of hydrogen-bond donors (Lipinski definition) is 2. The average molecular weight is 394 g/mol. The zero-order valence-corrected chi connectivity index (χ0v) is 16.2. The summed E-state index contributed by atoms with van der Waals surface area (Å²) in [5.74, 6) is 2.31. The number of anilines is 2. The molecule has 0 saturated heterocycles. The Hall–Kier alpha value is -3.81. The van der Waals surface area contributed by atoms with E-state index in [1.54, 1.807) is 14.2 Å². The van der Waals surface area contributed by atoms with Gasteiger partial charge in [0.25, 0.3) is 5.91 Å². The summed E-state index contributed by atoms with van der Waals surface area (Å²) in [6.07, 6.45) is 2.93. The van der Waals surface area contributed by atoms with Crippen LogP contribution in [0, 0.1) is 0 Å². The zero-order valence-electron chi connectivity index (χ0n) is 16.2. The second kappa shape index (κ2) is 9.93. The van der Waals surface area contributed by atoms with Crippen LogP contribution in [-0.2, 0) is 0 Å². The topological polar surface area (TPSA) is 94.6 Å². The van der Waals surface area contributed by atoms with E-state index < -0.39 is 0 Å². The van der Waals surface area contributed by atoms with Crippen molar-refractivity contribution in [2.24, 2.45) is 0 Å². The first-order valence-electron chi connectivity index (χ1n) is 8.96. The predicted molar refractivity (Wildman–Crippen MR) is 109 cm³/mol. The van der Waals surface area contributed by atoms with Crippen LogP contribution in [0.1, 0.15) is 10.4 Å². The summed E-state index contributed by atoms with van der Waals surface area (Å²) in [6, 6.07) is 14.6. The minimum Gasteiger partial charge on any atom is -0.497 e. The van der Waals surface area contributed by atoms with Crippen LogP contribution >= 0.6 is 0 Å². The van der Waals surface area contributed by atoms with E-state index in [1.165, 1.54) is 12.4 Å². The number of nitrogens with one attached hydrogen (secondary N) is 2.